The molecule has 1 fully saturated rings. The number of nitrogens with zero attached hydrogens (tertiary/aromatic N) is 2. The Labute approximate surface area is 200 Å². The molecule has 0 spiro atoms. The van der Waals surface area contributed by atoms with Gasteiger partial charge in [-0.15, -0.1) is 0 Å². The molecule has 0 aliphatic carbocycles. The van der Waals surface area contributed by atoms with E-state index in [1.54, 1.807) is 14.2 Å². The molecule has 3 aliphatic rings. The van der Waals surface area contributed by atoms with Crippen molar-refractivity contribution < 1.29 is 23.8 Å². The molecule has 7 heteroatoms. The van der Waals surface area contributed by atoms with Gasteiger partial charge in [-0.2, -0.15) is 0 Å². The Hall–Kier alpha value is -3.06. The van der Waals surface area contributed by atoms with Gasteiger partial charge in [-0.25, -0.2) is 0 Å². The molecule has 7 nitrogen and oxygen atoms in total. The maximum atomic E-state index is 13.8. The topological polar surface area (TPSA) is 68.3 Å². The summed E-state index contributed by atoms with van der Waals surface area (Å²) >= 11 is 0. The van der Waals surface area contributed by atoms with E-state index in [-0.39, 0.29) is 17.9 Å². The number of carbonyl (C=O) groups excluding carboxylic acids is 2. The summed E-state index contributed by atoms with van der Waals surface area (Å²) in [4.78, 5) is 31.0. The standard InChI is InChI=1S/C27H32N2O5/c1-18-22-15-24(33-3)23(32-2)14-19(22)8-11-28(18)25(30)16-27(9-12-34-13-10-27)29-17-20-6-4-5-7-21(20)26(29)31/h4-7,14-15,18H,8-13,16-17H2,1-3H3. The fraction of sp³-hybridized carbons (Fsp3) is 0.481. The van der Waals surface area contributed by atoms with E-state index >= 15 is 0 Å². The number of methoxy groups -OCH3 is 2. The molecular weight excluding hydrogens is 432 g/mol. The van der Waals surface area contributed by atoms with Crippen LogP contribution in [0.5, 0.6) is 11.5 Å². The predicted octanol–water partition coefficient (Wildman–Crippen LogP) is 3.74. The summed E-state index contributed by atoms with van der Waals surface area (Å²) in [5.74, 6) is 1.49. The molecule has 1 unspecified atom stereocenters. The lowest BCUT2D eigenvalue weighted by atomic mass is 9.83. The number of amides is 2. The second-order valence-electron chi connectivity index (χ2n) is 9.48. The van der Waals surface area contributed by atoms with E-state index in [2.05, 4.69) is 6.92 Å². The lowest BCUT2D eigenvalue weighted by Gasteiger charge is -2.46. The van der Waals surface area contributed by atoms with Gasteiger partial charge in [-0.05, 0) is 61.1 Å². The first-order valence-corrected chi connectivity index (χ1v) is 12.0. The molecule has 2 aromatic carbocycles. The van der Waals surface area contributed by atoms with E-state index in [1.165, 1.54) is 5.56 Å². The van der Waals surface area contributed by atoms with Crippen LogP contribution in [0.4, 0.5) is 0 Å². The summed E-state index contributed by atoms with van der Waals surface area (Å²) < 4.78 is 16.6. The number of rotatable bonds is 5. The van der Waals surface area contributed by atoms with Crippen LogP contribution in [0.1, 0.15) is 59.3 Å². The van der Waals surface area contributed by atoms with E-state index in [9.17, 15) is 9.59 Å². The third kappa shape index (κ3) is 3.72. The first-order chi connectivity index (χ1) is 16.5. The molecule has 0 saturated carbocycles. The highest BCUT2D eigenvalue weighted by Gasteiger charge is 2.47. The monoisotopic (exact) mass is 464 g/mol. The number of hydrogen-bond donors (Lipinski definition) is 0. The third-order valence-corrected chi connectivity index (χ3v) is 7.80. The summed E-state index contributed by atoms with van der Waals surface area (Å²) in [6.07, 6.45) is 2.41. The number of carbonyl (C=O) groups is 2. The van der Waals surface area contributed by atoms with Crippen molar-refractivity contribution >= 4 is 11.8 Å². The molecule has 3 heterocycles. The quantitative estimate of drug-likeness (QED) is 0.674. The first-order valence-electron chi connectivity index (χ1n) is 12.0. The van der Waals surface area contributed by atoms with Gasteiger partial charge in [0, 0.05) is 31.9 Å². The molecule has 0 bridgehead atoms. The number of fused-ring (bicyclic) bond motifs is 2. The maximum absolute atomic E-state index is 13.8. The normalized spacial score (nSPS) is 21.1. The minimum Gasteiger partial charge on any atom is -0.493 e. The van der Waals surface area contributed by atoms with Gasteiger partial charge in [0.25, 0.3) is 5.91 Å². The van der Waals surface area contributed by atoms with Crippen LogP contribution in [-0.4, -0.2) is 61.1 Å². The SMILES string of the molecule is COc1cc2c(cc1OC)C(C)N(C(=O)CC1(N3Cc4ccccc4C3=O)CCOCC1)CC2. The van der Waals surface area contributed by atoms with Crippen molar-refractivity contribution in [2.45, 2.75) is 50.7 Å². The third-order valence-electron chi connectivity index (χ3n) is 7.80. The van der Waals surface area contributed by atoms with Crippen molar-refractivity contribution in [3.63, 3.8) is 0 Å². The van der Waals surface area contributed by atoms with Gasteiger partial charge in [-0.1, -0.05) is 18.2 Å². The van der Waals surface area contributed by atoms with E-state index in [4.69, 9.17) is 14.2 Å². The van der Waals surface area contributed by atoms with Crippen LogP contribution >= 0.6 is 0 Å². The van der Waals surface area contributed by atoms with Crippen molar-refractivity contribution in [3.8, 4) is 11.5 Å². The predicted molar refractivity (Wildman–Crippen MR) is 127 cm³/mol. The second-order valence-corrected chi connectivity index (χ2v) is 9.48. The van der Waals surface area contributed by atoms with Gasteiger partial charge < -0.3 is 24.0 Å². The summed E-state index contributed by atoms with van der Waals surface area (Å²) in [5, 5.41) is 0. The number of ether oxygens (including phenoxy) is 3. The molecule has 1 saturated heterocycles. The Morgan fingerprint density at radius 1 is 1.09 bits per heavy atom. The van der Waals surface area contributed by atoms with Gasteiger partial charge in [0.2, 0.25) is 5.91 Å². The van der Waals surface area contributed by atoms with Crippen molar-refractivity contribution in [2.24, 2.45) is 0 Å². The molecule has 0 N–H and O–H groups in total. The molecule has 34 heavy (non-hydrogen) atoms. The van der Waals surface area contributed by atoms with Crippen LogP contribution in [0.2, 0.25) is 0 Å². The average Bonchev–Trinajstić information content (AvgIpc) is 3.21. The molecule has 0 aromatic heterocycles. The smallest absolute Gasteiger partial charge is 0.254 e. The van der Waals surface area contributed by atoms with Crippen molar-refractivity contribution in [3.05, 3.63) is 58.7 Å². The summed E-state index contributed by atoms with van der Waals surface area (Å²) in [5.41, 5.74) is 3.53. The van der Waals surface area contributed by atoms with Gasteiger partial charge >= 0.3 is 0 Å². The summed E-state index contributed by atoms with van der Waals surface area (Å²) in [6.45, 7) is 4.38. The van der Waals surface area contributed by atoms with Crippen molar-refractivity contribution in [1.29, 1.82) is 0 Å². The van der Waals surface area contributed by atoms with E-state index < -0.39 is 5.54 Å². The summed E-state index contributed by atoms with van der Waals surface area (Å²) in [6, 6.07) is 11.7. The van der Waals surface area contributed by atoms with Crippen molar-refractivity contribution in [1.82, 2.24) is 9.80 Å². The molecule has 2 amide bonds. The highest BCUT2D eigenvalue weighted by atomic mass is 16.5. The first kappa shape index (κ1) is 22.7. The Bertz CT molecular complexity index is 1110. The molecule has 1 atom stereocenters. The van der Waals surface area contributed by atoms with E-state index in [0.717, 1.165) is 23.1 Å². The largest absolute Gasteiger partial charge is 0.493 e. The van der Waals surface area contributed by atoms with Crippen LogP contribution in [0.15, 0.2) is 36.4 Å². The zero-order valence-electron chi connectivity index (χ0n) is 20.1. The fourth-order valence-electron chi connectivity index (χ4n) is 5.80. The molecule has 3 aliphatic heterocycles. The number of benzene rings is 2. The minimum atomic E-state index is -0.525. The molecule has 5 rings (SSSR count). The fourth-order valence-corrected chi connectivity index (χ4v) is 5.80. The van der Waals surface area contributed by atoms with Crippen LogP contribution in [0, 0.1) is 0 Å². The highest BCUT2D eigenvalue weighted by molar-refractivity contribution is 5.99. The highest BCUT2D eigenvalue weighted by Crippen LogP contribution is 2.41. The van der Waals surface area contributed by atoms with Gasteiger partial charge in [0.15, 0.2) is 11.5 Å². The van der Waals surface area contributed by atoms with Crippen molar-refractivity contribution in [2.75, 3.05) is 34.0 Å². The van der Waals surface area contributed by atoms with Crippen LogP contribution in [0.3, 0.4) is 0 Å². The molecule has 0 radical (unpaired) electrons. The van der Waals surface area contributed by atoms with E-state index in [1.807, 2.05) is 46.2 Å². The zero-order valence-corrected chi connectivity index (χ0v) is 20.1. The van der Waals surface area contributed by atoms with Gasteiger partial charge in [0.1, 0.15) is 0 Å². The van der Waals surface area contributed by atoms with E-state index in [0.29, 0.717) is 57.1 Å². The second kappa shape index (κ2) is 8.95. The van der Waals surface area contributed by atoms with Crippen LogP contribution < -0.4 is 9.47 Å². The molecule has 2 aromatic rings. The molecular formula is C27H32N2O5. The lowest BCUT2D eigenvalue weighted by Crippen LogP contribution is -2.55. The Kier molecular flexibility index (Phi) is 5.98. The van der Waals surface area contributed by atoms with Crippen LogP contribution in [-0.2, 0) is 22.5 Å². The summed E-state index contributed by atoms with van der Waals surface area (Å²) in [7, 11) is 3.26. The minimum absolute atomic E-state index is 0.0270. The van der Waals surface area contributed by atoms with Crippen LogP contribution in [0.25, 0.3) is 0 Å². The Balaban J connectivity index is 1.40. The van der Waals surface area contributed by atoms with Gasteiger partial charge in [0.05, 0.1) is 32.2 Å². The zero-order chi connectivity index (χ0) is 23.9. The Morgan fingerprint density at radius 2 is 1.79 bits per heavy atom. The molecule has 180 valence electrons. The maximum Gasteiger partial charge on any atom is 0.254 e. The van der Waals surface area contributed by atoms with Gasteiger partial charge in [-0.3, -0.25) is 9.59 Å². The lowest BCUT2D eigenvalue weighted by molar-refractivity contribution is -0.138. The Morgan fingerprint density at radius 3 is 2.50 bits per heavy atom. The average molecular weight is 465 g/mol. The number of hydrogen-bond acceptors (Lipinski definition) is 5.